The Morgan fingerprint density at radius 2 is 2.04 bits per heavy atom. The van der Waals surface area contributed by atoms with Crippen LogP contribution in [0.25, 0.3) is 0 Å². The van der Waals surface area contributed by atoms with E-state index in [0.29, 0.717) is 10.6 Å². The highest BCUT2D eigenvalue weighted by Gasteiger charge is 2.23. The van der Waals surface area contributed by atoms with Gasteiger partial charge in [-0.2, -0.15) is 0 Å². The number of ether oxygens (including phenoxy) is 1. The van der Waals surface area contributed by atoms with Gasteiger partial charge in [-0.25, -0.2) is 9.78 Å². The lowest BCUT2D eigenvalue weighted by Gasteiger charge is -2.32. The van der Waals surface area contributed by atoms with Gasteiger partial charge in [-0.05, 0) is 30.7 Å². The lowest BCUT2D eigenvalue weighted by atomic mass is 10.1. The summed E-state index contributed by atoms with van der Waals surface area (Å²) < 4.78 is 5.59. The molecular formula is C17H18ClN3O2. The molecule has 5 nitrogen and oxygen atoms in total. The van der Waals surface area contributed by atoms with Crippen molar-refractivity contribution >= 4 is 23.4 Å². The Labute approximate surface area is 140 Å². The first-order valence-corrected chi connectivity index (χ1v) is 7.99. The first-order chi connectivity index (χ1) is 11.1. The maximum absolute atomic E-state index is 12.2. The summed E-state index contributed by atoms with van der Waals surface area (Å²) in [7, 11) is 0. The van der Waals surface area contributed by atoms with Crippen molar-refractivity contribution in [3.8, 4) is 0 Å². The predicted octanol–water partition coefficient (Wildman–Crippen LogP) is 3.26. The van der Waals surface area contributed by atoms with Gasteiger partial charge in [0.15, 0.2) is 0 Å². The Hall–Kier alpha value is -2.14. The van der Waals surface area contributed by atoms with Gasteiger partial charge in [0.05, 0.1) is 10.6 Å². The second kappa shape index (κ2) is 6.96. The van der Waals surface area contributed by atoms with E-state index in [0.717, 1.165) is 37.3 Å². The van der Waals surface area contributed by atoms with Crippen LogP contribution in [-0.4, -0.2) is 35.1 Å². The summed E-state index contributed by atoms with van der Waals surface area (Å²) in [5, 5.41) is 0.629. The van der Waals surface area contributed by atoms with Gasteiger partial charge >= 0.3 is 5.97 Å². The van der Waals surface area contributed by atoms with E-state index in [4.69, 9.17) is 16.3 Å². The molecule has 1 fully saturated rings. The first-order valence-electron chi connectivity index (χ1n) is 7.61. The second-order valence-corrected chi connectivity index (χ2v) is 6.11. The summed E-state index contributed by atoms with van der Waals surface area (Å²) in [6, 6.07) is 5.54. The minimum absolute atomic E-state index is 0.0634. The number of hydrogen-bond donors (Lipinski definition) is 0. The molecule has 0 radical (unpaired) electrons. The highest BCUT2D eigenvalue weighted by molar-refractivity contribution is 6.30. The molecule has 0 amide bonds. The van der Waals surface area contributed by atoms with Crippen molar-refractivity contribution in [2.75, 3.05) is 18.0 Å². The standard InChI is InChI=1S/C17H18ClN3O2/c1-12-8-13(10-19-9-12)17(22)23-15-4-6-21(7-5-15)16-3-2-14(18)11-20-16/h2-3,8-11,15H,4-7H2,1H3. The topological polar surface area (TPSA) is 55.3 Å². The molecule has 3 heterocycles. The molecule has 0 spiro atoms. The summed E-state index contributed by atoms with van der Waals surface area (Å²) in [4.78, 5) is 22.7. The zero-order chi connectivity index (χ0) is 16.2. The van der Waals surface area contributed by atoms with Crippen LogP contribution in [0.5, 0.6) is 0 Å². The molecule has 2 aromatic rings. The van der Waals surface area contributed by atoms with Crippen molar-refractivity contribution in [3.63, 3.8) is 0 Å². The van der Waals surface area contributed by atoms with E-state index in [1.54, 1.807) is 24.7 Å². The smallest absolute Gasteiger partial charge is 0.339 e. The highest BCUT2D eigenvalue weighted by Crippen LogP contribution is 2.21. The number of nitrogens with zero attached hydrogens (tertiary/aromatic N) is 3. The zero-order valence-corrected chi connectivity index (χ0v) is 13.7. The third-order valence-corrected chi connectivity index (χ3v) is 4.09. The third-order valence-electron chi connectivity index (χ3n) is 3.86. The molecule has 0 aliphatic carbocycles. The van der Waals surface area contributed by atoms with Crippen LogP contribution < -0.4 is 4.90 Å². The minimum atomic E-state index is -0.302. The van der Waals surface area contributed by atoms with Gasteiger partial charge in [-0.15, -0.1) is 0 Å². The number of esters is 1. The van der Waals surface area contributed by atoms with Crippen molar-refractivity contribution < 1.29 is 9.53 Å². The van der Waals surface area contributed by atoms with Crippen LogP contribution in [0, 0.1) is 6.92 Å². The number of aryl methyl sites for hydroxylation is 1. The Bertz CT molecular complexity index is 682. The van der Waals surface area contributed by atoms with E-state index >= 15 is 0 Å². The molecule has 0 atom stereocenters. The van der Waals surface area contributed by atoms with Crippen LogP contribution in [0.4, 0.5) is 5.82 Å². The van der Waals surface area contributed by atoms with E-state index < -0.39 is 0 Å². The Morgan fingerprint density at radius 3 is 2.70 bits per heavy atom. The molecule has 1 saturated heterocycles. The number of carbonyl (C=O) groups is 1. The van der Waals surface area contributed by atoms with Crippen LogP contribution in [-0.2, 0) is 4.74 Å². The van der Waals surface area contributed by atoms with Crippen molar-refractivity contribution in [3.05, 3.63) is 52.9 Å². The quantitative estimate of drug-likeness (QED) is 0.808. The minimum Gasteiger partial charge on any atom is -0.459 e. The van der Waals surface area contributed by atoms with Crippen LogP contribution >= 0.6 is 11.6 Å². The van der Waals surface area contributed by atoms with Crippen molar-refractivity contribution in [2.24, 2.45) is 0 Å². The summed E-state index contributed by atoms with van der Waals surface area (Å²) in [6.45, 7) is 3.51. The molecule has 0 saturated carbocycles. The fraction of sp³-hybridized carbons (Fsp3) is 0.353. The largest absolute Gasteiger partial charge is 0.459 e. The van der Waals surface area contributed by atoms with Gasteiger partial charge in [0.25, 0.3) is 0 Å². The van der Waals surface area contributed by atoms with Gasteiger partial charge in [-0.3, -0.25) is 4.98 Å². The molecule has 3 rings (SSSR count). The van der Waals surface area contributed by atoms with Crippen LogP contribution in [0.3, 0.4) is 0 Å². The summed E-state index contributed by atoms with van der Waals surface area (Å²) in [6.07, 6.45) is 6.42. The number of hydrogen-bond acceptors (Lipinski definition) is 5. The Kier molecular flexibility index (Phi) is 4.76. The summed E-state index contributed by atoms with van der Waals surface area (Å²) >= 11 is 5.86. The SMILES string of the molecule is Cc1cncc(C(=O)OC2CCN(c3ccc(Cl)cn3)CC2)c1. The summed E-state index contributed by atoms with van der Waals surface area (Å²) in [5.74, 6) is 0.603. The van der Waals surface area contributed by atoms with E-state index in [9.17, 15) is 4.79 Å². The molecule has 0 unspecified atom stereocenters. The van der Waals surface area contributed by atoms with Gasteiger partial charge in [0.2, 0.25) is 0 Å². The van der Waals surface area contributed by atoms with Crippen LogP contribution in [0.15, 0.2) is 36.8 Å². The molecule has 6 heteroatoms. The molecule has 23 heavy (non-hydrogen) atoms. The number of piperidine rings is 1. The lowest BCUT2D eigenvalue weighted by molar-refractivity contribution is 0.0244. The maximum Gasteiger partial charge on any atom is 0.339 e. The van der Waals surface area contributed by atoms with Gasteiger partial charge in [0.1, 0.15) is 11.9 Å². The molecule has 1 aliphatic heterocycles. The van der Waals surface area contributed by atoms with E-state index in [1.165, 1.54) is 0 Å². The molecule has 0 bridgehead atoms. The number of halogens is 1. The van der Waals surface area contributed by atoms with Crippen molar-refractivity contribution in [1.82, 2.24) is 9.97 Å². The molecule has 0 aromatic carbocycles. The molecule has 2 aromatic heterocycles. The number of rotatable bonds is 3. The number of pyridine rings is 2. The van der Waals surface area contributed by atoms with Crippen molar-refractivity contribution in [1.29, 1.82) is 0 Å². The number of aromatic nitrogens is 2. The van der Waals surface area contributed by atoms with Gasteiger partial charge in [-0.1, -0.05) is 11.6 Å². The third kappa shape index (κ3) is 3.99. The van der Waals surface area contributed by atoms with Crippen molar-refractivity contribution in [2.45, 2.75) is 25.9 Å². The predicted molar refractivity (Wildman–Crippen MR) is 88.9 cm³/mol. The monoisotopic (exact) mass is 331 g/mol. The molecule has 120 valence electrons. The highest BCUT2D eigenvalue weighted by atomic mass is 35.5. The lowest BCUT2D eigenvalue weighted by Crippen LogP contribution is -2.38. The van der Waals surface area contributed by atoms with Gasteiger partial charge < -0.3 is 9.64 Å². The average molecular weight is 332 g/mol. The number of anilines is 1. The fourth-order valence-corrected chi connectivity index (χ4v) is 2.76. The van der Waals surface area contributed by atoms with Crippen LogP contribution in [0.1, 0.15) is 28.8 Å². The average Bonchev–Trinajstić information content (AvgIpc) is 2.56. The fourth-order valence-electron chi connectivity index (χ4n) is 2.64. The second-order valence-electron chi connectivity index (χ2n) is 5.68. The van der Waals surface area contributed by atoms with E-state index in [1.807, 2.05) is 19.1 Å². The number of carbonyl (C=O) groups excluding carboxylic acids is 1. The zero-order valence-electron chi connectivity index (χ0n) is 12.9. The van der Waals surface area contributed by atoms with E-state index in [-0.39, 0.29) is 12.1 Å². The first kappa shape index (κ1) is 15.7. The van der Waals surface area contributed by atoms with Crippen LogP contribution in [0.2, 0.25) is 5.02 Å². The molecule has 0 N–H and O–H groups in total. The normalized spacial score (nSPS) is 15.5. The summed E-state index contributed by atoms with van der Waals surface area (Å²) in [5.41, 5.74) is 1.45. The van der Waals surface area contributed by atoms with Gasteiger partial charge in [0, 0.05) is 44.5 Å². The Balaban J connectivity index is 1.55. The Morgan fingerprint density at radius 1 is 1.26 bits per heavy atom. The van der Waals surface area contributed by atoms with E-state index in [2.05, 4.69) is 14.9 Å². The molecule has 1 aliphatic rings. The molecular weight excluding hydrogens is 314 g/mol. The maximum atomic E-state index is 12.2.